The minimum absolute atomic E-state index is 0.0173. The number of nitrogens with zero attached hydrogens (tertiary/aromatic N) is 2. The molecule has 1 fully saturated rings. The fraction of sp³-hybridized carbons (Fsp3) is 0.938. The van der Waals surface area contributed by atoms with Gasteiger partial charge >= 0.3 is 0 Å². The highest BCUT2D eigenvalue weighted by molar-refractivity contribution is 5.84. The monoisotopic (exact) mass is 283 g/mol. The molecule has 1 N–H and O–H groups in total. The molecule has 0 bridgehead atoms. The molecule has 0 saturated carbocycles. The summed E-state index contributed by atoms with van der Waals surface area (Å²) >= 11 is 0. The summed E-state index contributed by atoms with van der Waals surface area (Å²) in [5.41, 5.74) is 0. The largest absolute Gasteiger partial charge is 0.324 e. The van der Waals surface area contributed by atoms with Crippen LogP contribution < -0.4 is 5.32 Å². The summed E-state index contributed by atoms with van der Waals surface area (Å²) in [6.07, 6.45) is 1.32. The third-order valence-corrected chi connectivity index (χ3v) is 4.57. The van der Waals surface area contributed by atoms with Crippen molar-refractivity contribution in [3.63, 3.8) is 0 Å². The molecule has 1 aliphatic rings. The Labute approximate surface area is 124 Å². The zero-order chi connectivity index (χ0) is 15.4. The number of hydrogen-bond acceptors (Lipinski definition) is 3. The molecule has 4 nitrogen and oxygen atoms in total. The van der Waals surface area contributed by atoms with Crippen molar-refractivity contribution in [2.24, 2.45) is 11.8 Å². The Morgan fingerprint density at radius 1 is 1.20 bits per heavy atom. The van der Waals surface area contributed by atoms with E-state index in [2.05, 4.69) is 58.8 Å². The number of amides is 1. The number of likely N-dealkylation sites (N-methyl/N-ethyl adjacent to an activating group) is 1. The number of carbonyl (C=O) groups excluding carboxylic acids is 1. The van der Waals surface area contributed by atoms with Gasteiger partial charge in [0.1, 0.15) is 0 Å². The molecule has 0 radical (unpaired) electrons. The summed E-state index contributed by atoms with van der Waals surface area (Å²) in [5, 5.41) is 3.51. The van der Waals surface area contributed by atoms with Crippen LogP contribution in [0.2, 0.25) is 0 Å². The SMILES string of the molecule is CCC(C)N(C)CCN1C(=O)C(C(C)C)NC1C(C)C. The first-order chi connectivity index (χ1) is 9.29. The van der Waals surface area contributed by atoms with Gasteiger partial charge in [0, 0.05) is 19.1 Å². The predicted molar refractivity (Wildman–Crippen MR) is 84.5 cm³/mol. The Kier molecular flexibility index (Phi) is 6.46. The van der Waals surface area contributed by atoms with Gasteiger partial charge in [-0.15, -0.1) is 0 Å². The van der Waals surface area contributed by atoms with E-state index in [1.807, 2.05) is 4.90 Å². The van der Waals surface area contributed by atoms with Crippen molar-refractivity contribution in [1.29, 1.82) is 0 Å². The number of nitrogens with one attached hydrogen (secondary N) is 1. The van der Waals surface area contributed by atoms with E-state index in [4.69, 9.17) is 0 Å². The molecule has 0 aromatic heterocycles. The minimum atomic E-state index is -0.0173. The average molecular weight is 283 g/mol. The molecule has 3 atom stereocenters. The van der Waals surface area contributed by atoms with Crippen molar-refractivity contribution in [3.05, 3.63) is 0 Å². The molecule has 1 heterocycles. The van der Waals surface area contributed by atoms with Crippen molar-refractivity contribution < 1.29 is 4.79 Å². The van der Waals surface area contributed by atoms with E-state index in [0.717, 1.165) is 19.5 Å². The van der Waals surface area contributed by atoms with E-state index < -0.39 is 0 Å². The van der Waals surface area contributed by atoms with E-state index in [9.17, 15) is 4.79 Å². The topological polar surface area (TPSA) is 35.6 Å². The van der Waals surface area contributed by atoms with Crippen LogP contribution in [0.15, 0.2) is 0 Å². The lowest BCUT2D eigenvalue weighted by atomic mass is 10.0. The lowest BCUT2D eigenvalue weighted by molar-refractivity contribution is -0.131. The van der Waals surface area contributed by atoms with E-state index in [0.29, 0.717) is 17.9 Å². The Morgan fingerprint density at radius 3 is 2.25 bits per heavy atom. The maximum Gasteiger partial charge on any atom is 0.241 e. The molecular formula is C16H33N3O. The number of hydrogen-bond donors (Lipinski definition) is 1. The summed E-state index contributed by atoms with van der Waals surface area (Å²) in [7, 11) is 2.15. The Morgan fingerprint density at radius 2 is 1.80 bits per heavy atom. The molecule has 0 aliphatic carbocycles. The van der Waals surface area contributed by atoms with Gasteiger partial charge < -0.3 is 9.80 Å². The van der Waals surface area contributed by atoms with Crippen molar-refractivity contribution in [3.8, 4) is 0 Å². The zero-order valence-electron chi connectivity index (χ0n) is 14.3. The van der Waals surface area contributed by atoms with Crippen molar-refractivity contribution in [2.75, 3.05) is 20.1 Å². The highest BCUT2D eigenvalue weighted by Crippen LogP contribution is 2.21. The Hall–Kier alpha value is -0.610. The summed E-state index contributed by atoms with van der Waals surface area (Å²) < 4.78 is 0. The molecule has 4 heteroatoms. The van der Waals surface area contributed by atoms with Crippen LogP contribution in [0.5, 0.6) is 0 Å². The third-order valence-electron chi connectivity index (χ3n) is 4.57. The lowest BCUT2D eigenvalue weighted by Crippen LogP contribution is -2.45. The highest BCUT2D eigenvalue weighted by atomic mass is 16.2. The maximum absolute atomic E-state index is 12.6. The van der Waals surface area contributed by atoms with E-state index >= 15 is 0 Å². The molecule has 1 amide bonds. The van der Waals surface area contributed by atoms with Crippen molar-refractivity contribution in [2.45, 2.75) is 66.2 Å². The van der Waals surface area contributed by atoms with Gasteiger partial charge in [-0.3, -0.25) is 10.1 Å². The van der Waals surface area contributed by atoms with E-state index in [1.54, 1.807) is 0 Å². The third kappa shape index (κ3) is 3.95. The summed E-state index contributed by atoms with van der Waals surface area (Å²) in [6.45, 7) is 14.8. The maximum atomic E-state index is 12.6. The second-order valence-corrected chi connectivity index (χ2v) is 6.85. The first-order valence-corrected chi connectivity index (χ1v) is 8.06. The van der Waals surface area contributed by atoms with Gasteiger partial charge in [-0.2, -0.15) is 0 Å². The zero-order valence-corrected chi connectivity index (χ0v) is 14.3. The molecule has 20 heavy (non-hydrogen) atoms. The smallest absolute Gasteiger partial charge is 0.241 e. The predicted octanol–water partition coefficient (Wildman–Crippen LogP) is 2.16. The first-order valence-electron chi connectivity index (χ1n) is 8.06. The van der Waals surface area contributed by atoms with Gasteiger partial charge in [0.15, 0.2) is 0 Å². The van der Waals surface area contributed by atoms with E-state index in [-0.39, 0.29) is 18.1 Å². The molecule has 3 unspecified atom stereocenters. The van der Waals surface area contributed by atoms with Crippen LogP contribution in [0.4, 0.5) is 0 Å². The fourth-order valence-electron chi connectivity index (χ4n) is 2.74. The normalized spacial score (nSPS) is 25.3. The molecule has 1 aliphatic heterocycles. The summed E-state index contributed by atoms with van der Waals surface area (Å²) in [5.74, 6) is 1.06. The van der Waals surface area contributed by atoms with Crippen LogP contribution in [0.3, 0.4) is 0 Å². The fourth-order valence-corrected chi connectivity index (χ4v) is 2.74. The van der Waals surface area contributed by atoms with E-state index in [1.165, 1.54) is 0 Å². The molecular weight excluding hydrogens is 250 g/mol. The van der Waals surface area contributed by atoms with Gasteiger partial charge in [0.2, 0.25) is 5.91 Å². The highest BCUT2D eigenvalue weighted by Gasteiger charge is 2.41. The quantitative estimate of drug-likeness (QED) is 0.778. The van der Waals surface area contributed by atoms with Gasteiger partial charge in [-0.25, -0.2) is 0 Å². The van der Waals surface area contributed by atoms with Crippen LogP contribution in [-0.2, 0) is 4.79 Å². The second kappa shape index (κ2) is 7.41. The second-order valence-electron chi connectivity index (χ2n) is 6.85. The van der Waals surface area contributed by atoms with Gasteiger partial charge in [-0.05, 0) is 32.2 Å². The van der Waals surface area contributed by atoms with Crippen molar-refractivity contribution >= 4 is 5.91 Å². The van der Waals surface area contributed by atoms with Crippen molar-refractivity contribution in [1.82, 2.24) is 15.1 Å². The van der Waals surface area contributed by atoms with Crippen LogP contribution in [0.25, 0.3) is 0 Å². The molecule has 0 spiro atoms. The van der Waals surface area contributed by atoms with Crippen LogP contribution in [-0.4, -0.2) is 54.1 Å². The standard InChI is InChI=1S/C16H33N3O/c1-8-13(6)18(7)9-10-19-15(12(4)5)17-14(11(2)3)16(19)20/h11-15,17H,8-10H2,1-7H3. The van der Waals surface area contributed by atoms with Gasteiger partial charge in [0.05, 0.1) is 12.2 Å². The molecule has 1 saturated heterocycles. The lowest BCUT2D eigenvalue weighted by Gasteiger charge is -2.31. The first kappa shape index (κ1) is 17.4. The summed E-state index contributed by atoms with van der Waals surface area (Å²) in [4.78, 5) is 16.9. The molecule has 1 rings (SSSR count). The molecule has 0 aromatic rings. The average Bonchev–Trinajstić information content (AvgIpc) is 2.72. The molecule has 118 valence electrons. The van der Waals surface area contributed by atoms with Gasteiger partial charge in [0.25, 0.3) is 0 Å². The van der Waals surface area contributed by atoms with Crippen LogP contribution >= 0.6 is 0 Å². The van der Waals surface area contributed by atoms with Crippen LogP contribution in [0, 0.1) is 11.8 Å². The Bertz CT molecular complexity index is 317. The molecule has 0 aromatic carbocycles. The van der Waals surface area contributed by atoms with Crippen LogP contribution in [0.1, 0.15) is 48.0 Å². The number of carbonyl (C=O) groups is 1. The minimum Gasteiger partial charge on any atom is -0.324 e. The number of rotatable bonds is 7. The summed E-state index contributed by atoms with van der Waals surface area (Å²) in [6, 6.07) is 0.551. The Balaban J connectivity index is 2.67. The van der Waals surface area contributed by atoms with Gasteiger partial charge in [-0.1, -0.05) is 34.6 Å².